The Hall–Kier alpha value is -0.503. The van der Waals surface area contributed by atoms with Crippen molar-refractivity contribution >= 4 is 28.9 Å². The van der Waals surface area contributed by atoms with Gasteiger partial charge in [-0.15, -0.1) is 0 Å². The standard InChI is InChI=1S/C13H30NO3Si.C2F6NO4S2/c1-13(2)14(9-7-6-8-10-14)11-12-18(15-3,16-4)17-5;3-1(4,5)14(10,11)9-15(12,13)2(6,7)8/h13H,6-12H2,1-5H3;/q+1;-1. The Bertz CT molecular complexity index is 759. The average Bonchev–Trinajstić information content (AvgIpc) is 2.68. The minimum Gasteiger partial charge on any atom is -0.421 e. The van der Waals surface area contributed by atoms with Crippen LogP contribution in [0.5, 0.6) is 0 Å². The van der Waals surface area contributed by atoms with Crippen LogP contribution in [0.3, 0.4) is 0 Å². The average molecular weight is 557 g/mol. The van der Waals surface area contributed by atoms with E-state index in [1.54, 1.807) is 21.3 Å². The van der Waals surface area contributed by atoms with Crippen molar-refractivity contribution in [1.29, 1.82) is 0 Å². The molecule has 1 heterocycles. The number of rotatable bonds is 9. The lowest BCUT2D eigenvalue weighted by molar-refractivity contribution is -0.950. The topological polar surface area (TPSA) is 110 Å². The van der Waals surface area contributed by atoms with Gasteiger partial charge in [0.25, 0.3) is 0 Å². The van der Waals surface area contributed by atoms with Crippen molar-refractivity contribution in [3.8, 4) is 0 Å². The summed E-state index contributed by atoms with van der Waals surface area (Å²) in [6, 6.07) is 1.58. The maximum atomic E-state index is 11.4. The summed E-state index contributed by atoms with van der Waals surface area (Å²) in [5.41, 5.74) is -12.4. The number of sulfonamides is 2. The molecule has 1 fully saturated rings. The molecule has 0 saturated carbocycles. The minimum absolute atomic E-state index is 0.669. The number of hydrogen-bond acceptors (Lipinski definition) is 7. The number of hydrogen-bond donors (Lipinski definition) is 0. The summed E-state index contributed by atoms with van der Waals surface area (Å²) >= 11 is 0. The highest BCUT2D eigenvalue weighted by molar-refractivity contribution is 8.13. The van der Waals surface area contributed by atoms with Crippen LogP contribution in [0.25, 0.3) is 4.13 Å². The third-order valence-corrected chi connectivity index (χ3v) is 10.8. The molecule has 0 aromatic rings. The highest BCUT2D eigenvalue weighted by Crippen LogP contribution is 2.36. The van der Waals surface area contributed by atoms with Gasteiger partial charge in [-0.05, 0) is 33.1 Å². The largest absolute Gasteiger partial charge is 0.505 e. The van der Waals surface area contributed by atoms with Gasteiger partial charge in [0.15, 0.2) is 20.0 Å². The molecule has 1 aliphatic heterocycles. The summed E-state index contributed by atoms with van der Waals surface area (Å²) < 4.78 is 127. The van der Waals surface area contributed by atoms with Crippen molar-refractivity contribution in [2.75, 3.05) is 41.0 Å². The van der Waals surface area contributed by atoms with Gasteiger partial charge in [0.1, 0.15) is 0 Å². The molecule has 18 heteroatoms. The first-order chi connectivity index (χ1) is 14.7. The van der Waals surface area contributed by atoms with E-state index in [2.05, 4.69) is 13.8 Å². The van der Waals surface area contributed by atoms with E-state index in [1.807, 2.05) is 0 Å². The third kappa shape index (κ3) is 8.90. The van der Waals surface area contributed by atoms with Gasteiger partial charge in [-0.2, -0.15) is 26.3 Å². The van der Waals surface area contributed by atoms with E-state index in [0.717, 1.165) is 16.7 Å². The Labute approximate surface area is 191 Å². The monoisotopic (exact) mass is 556 g/mol. The highest BCUT2D eigenvalue weighted by atomic mass is 32.3. The van der Waals surface area contributed by atoms with Gasteiger partial charge in [0, 0.05) is 21.3 Å². The van der Waals surface area contributed by atoms with Crippen molar-refractivity contribution in [3.63, 3.8) is 0 Å². The zero-order chi connectivity index (χ0) is 26.4. The van der Waals surface area contributed by atoms with Crippen LogP contribution in [-0.2, 0) is 33.3 Å². The van der Waals surface area contributed by atoms with Gasteiger partial charge >= 0.3 is 19.8 Å². The van der Waals surface area contributed by atoms with E-state index in [9.17, 15) is 43.2 Å². The molecule has 0 amide bonds. The Morgan fingerprint density at radius 2 is 1.18 bits per heavy atom. The fourth-order valence-corrected chi connectivity index (χ4v) is 6.81. The van der Waals surface area contributed by atoms with Crippen LogP contribution >= 0.6 is 0 Å². The number of halogens is 6. The Balaban J connectivity index is 0.000000633. The molecule has 0 aromatic carbocycles. The maximum Gasteiger partial charge on any atom is 0.505 e. The zero-order valence-corrected chi connectivity index (χ0v) is 21.5. The summed E-state index contributed by atoms with van der Waals surface area (Å²) in [6.07, 6.45) is 4.08. The van der Waals surface area contributed by atoms with Crippen LogP contribution in [0.15, 0.2) is 0 Å². The number of nitrogens with zero attached hydrogens (tertiary/aromatic N) is 2. The first-order valence-electron chi connectivity index (χ1n) is 9.63. The van der Waals surface area contributed by atoms with E-state index in [1.165, 1.54) is 36.8 Å². The van der Waals surface area contributed by atoms with Gasteiger partial charge < -0.3 is 21.9 Å². The number of alkyl halides is 6. The predicted molar refractivity (Wildman–Crippen MR) is 109 cm³/mol. The van der Waals surface area contributed by atoms with Crippen molar-refractivity contribution in [2.45, 2.75) is 56.2 Å². The molecular weight excluding hydrogens is 526 g/mol. The van der Waals surface area contributed by atoms with E-state index in [-0.39, 0.29) is 0 Å². The first kappa shape index (κ1) is 32.5. The summed E-state index contributed by atoms with van der Waals surface area (Å²) in [5, 5.41) is 0. The molecular formula is C15H30F6N2O7S2Si. The lowest BCUT2D eigenvalue weighted by Crippen LogP contribution is -2.59. The summed E-state index contributed by atoms with van der Waals surface area (Å²) in [4.78, 5) is 0. The zero-order valence-electron chi connectivity index (χ0n) is 18.9. The van der Waals surface area contributed by atoms with E-state index in [0.29, 0.717) is 6.04 Å². The fraction of sp³-hybridized carbons (Fsp3) is 1.00. The van der Waals surface area contributed by atoms with Crippen molar-refractivity contribution in [1.82, 2.24) is 0 Å². The van der Waals surface area contributed by atoms with Gasteiger partial charge in [-0.1, -0.05) is 0 Å². The van der Waals surface area contributed by atoms with Gasteiger partial charge in [0.05, 0.1) is 31.7 Å². The molecule has 200 valence electrons. The second-order valence-electron chi connectivity index (χ2n) is 7.51. The molecule has 9 nitrogen and oxygen atoms in total. The molecule has 0 atom stereocenters. The van der Waals surface area contributed by atoms with Crippen LogP contribution in [0.1, 0.15) is 33.1 Å². The smallest absolute Gasteiger partial charge is 0.421 e. The van der Waals surface area contributed by atoms with E-state index >= 15 is 0 Å². The van der Waals surface area contributed by atoms with E-state index < -0.39 is 39.9 Å². The second kappa shape index (κ2) is 12.0. The molecule has 0 bridgehead atoms. The second-order valence-corrected chi connectivity index (χ2v) is 14.0. The van der Waals surface area contributed by atoms with Crippen LogP contribution < -0.4 is 0 Å². The number of quaternary nitrogens is 1. The van der Waals surface area contributed by atoms with Crippen LogP contribution in [-0.4, -0.2) is 88.1 Å². The van der Waals surface area contributed by atoms with Crippen molar-refractivity contribution in [3.05, 3.63) is 4.13 Å². The molecule has 1 saturated heterocycles. The molecule has 0 spiro atoms. The molecule has 0 aromatic heterocycles. The fourth-order valence-electron chi connectivity index (χ4n) is 3.27. The first-order valence-corrected chi connectivity index (χ1v) is 14.4. The third-order valence-electron chi connectivity index (χ3n) is 5.38. The van der Waals surface area contributed by atoms with Gasteiger partial charge in [-0.25, -0.2) is 16.8 Å². The number of piperidine rings is 1. The van der Waals surface area contributed by atoms with E-state index in [4.69, 9.17) is 13.3 Å². The maximum absolute atomic E-state index is 11.4. The Morgan fingerprint density at radius 1 is 0.818 bits per heavy atom. The SMILES string of the molecule is CO[Si](CC[N+]1(C(C)C)CCCCC1)(OC)OC.O=S(=O)([N-]S(=O)(=O)C(F)(F)F)C(F)(F)F. The molecule has 33 heavy (non-hydrogen) atoms. The molecule has 0 unspecified atom stereocenters. The molecule has 1 aliphatic rings. The number of likely N-dealkylation sites (tertiary alicyclic amines) is 1. The van der Waals surface area contributed by atoms with Gasteiger partial charge in [-0.3, -0.25) is 0 Å². The summed E-state index contributed by atoms with van der Waals surface area (Å²) in [6.45, 7) is 8.36. The van der Waals surface area contributed by atoms with Crippen molar-refractivity contribution in [2.24, 2.45) is 0 Å². The van der Waals surface area contributed by atoms with Crippen LogP contribution in [0.2, 0.25) is 6.04 Å². The van der Waals surface area contributed by atoms with Crippen molar-refractivity contribution < 1.29 is 60.9 Å². The molecule has 0 N–H and O–H groups in total. The van der Waals surface area contributed by atoms with Crippen LogP contribution in [0.4, 0.5) is 26.3 Å². The quantitative estimate of drug-likeness (QED) is 0.243. The molecule has 0 aliphatic carbocycles. The highest BCUT2D eigenvalue weighted by Gasteiger charge is 2.47. The minimum atomic E-state index is -6.72. The summed E-state index contributed by atoms with van der Waals surface area (Å²) in [5.74, 6) is 0. The summed E-state index contributed by atoms with van der Waals surface area (Å²) in [7, 11) is -10.7. The van der Waals surface area contributed by atoms with Gasteiger partial charge in [0.2, 0.25) is 0 Å². The Kier molecular flexibility index (Phi) is 11.8. The lowest BCUT2D eigenvalue weighted by Gasteiger charge is -2.46. The predicted octanol–water partition coefficient (Wildman–Crippen LogP) is 3.33. The Morgan fingerprint density at radius 3 is 1.45 bits per heavy atom. The lowest BCUT2D eigenvalue weighted by atomic mass is 10.0. The van der Waals surface area contributed by atoms with Crippen LogP contribution in [0, 0.1) is 0 Å². The molecule has 1 rings (SSSR count). The normalized spacial score (nSPS) is 18.1. The molecule has 0 radical (unpaired) electrons.